The lowest BCUT2D eigenvalue weighted by molar-refractivity contribution is 0.650. The SMILES string of the molecule is C/C=C/CNCCC(C)S(C)=O. The molecular formula is C9H19NOS. The van der Waals surface area contributed by atoms with E-state index in [4.69, 9.17) is 0 Å². The summed E-state index contributed by atoms with van der Waals surface area (Å²) in [6, 6.07) is 0. The summed E-state index contributed by atoms with van der Waals surface area (Å²) in [7, 11) is -0.676. The third-order valence-corrected chi connectivity index (χ3v) is 3.16. The van der Waals surface area contributed by atoms with Crippen molar-refractivity contribution in [2.45, 2.75) is 25.5 Å². The van der Waals surface area contributed by atoms with E-state index >= 15 is 0 Å². The molecule has 2 atom stereocenters. The Bertz CT molecular complexity index is 157. The molecule has 0 aliphatic carbocycles. The van der Waals surface area contributed by atoms with Gasteiger partial charge >= 0.3 is 0 Å². The van der Waals surface area contributed by atoms with Crippen LogP contribution >= 0.6 is 0 Å². The number of rotatable bonds is 6. The lowest BCUT2D eigenvalue weighted by Gasteiger charge is -2.07. The number of hydrogen-bond donors (Lipinski definition) is 1. The van der Waals surface area contributed by atoms with Crippen molar-refractivity contribution in [1.29, 1.82) is 0 Å². The summed E-state index contributed by atoms with van der Waals surface area (Å²) in [4.78, 5) is 0. The van der Waals surface area contributed by atoms with Gasteiger partial charge < -0.3 is 5.32 Å². The molecule has 0 fully saturated rings. The lowest BCUT2D eigenvalue weighted by atomic mass is 10.3. The molecule has 3 heteroatoms. The molecule has 1 N–H and O–H groups in total. The molecular weight excluding hydrogens is 170 g/mol. The third-order valence-electron chi connectivity index (χ3n) is 1.79. The van der Waals surface area contributed by atoms with E-state index in [1.165, 1.54) is 0 Å². The molecule has 0 rings (SSSR count). The van der Waals surface area contributed by atoms with Crippen LogP contribution < -0.4 is 5.32 Å². The van der Waals surface area contributed by atoms with Crippen LogP contribution in [0.5, 0.6) is 0 Å². The highest BCUT2D eigenvalue weighted by molar-refractivity contribution is 7.84. The minimum absolute atomic E-state index is 0.308. The zero-order chi connectivity index (χ0) is 9.40. The fourth-order valence-corrected chi connectivity index (χ4v) is 1.22. The third kappa shape index (κ3) is 6.55. The zero-order valence-electron chi connectivity index (χ0n) is 8.17. The highest BCUT2D eigenvalue weighted by Crippen LogP contribution is 1.96. The molecule has 2 nitrogen and oxygen atoms in total. The summed E-state index contributed by atoms with van der Waals surface area (Å²) in [5.41, 5.74) is 0. The average Bonchev–Trinajstić information content (AvgIpc) is 2.03. The van der Waals surface area contributed by atoms with Gasteiger partial charge in [0, 0.05) is 28.9 Å². The fraction of sp³-hybridized carbons (Fsp3) is 0.778. The monoisotopic (exact) mass is 189 g/mol. The van der Waals surface area contributed by atoms with Crippen LogP contribution in [-0.2, 0) is 10.8 Å². The molecule has 2 unspecified atom stereocenters. The summed E-state index contributed by atoms with van der Waals surface area (Å²) >= 11 is 0. The smallest absolute Gasteiger partial charge is 0.0329 e. The first-order chi connectivity index (χ1) is 5.68. The van der Waals surface area contributed by atoms with Crippen LogP contribution in [0, 0.1) is 0 Å². The highest BCUT2D eigenvalue weighted by atomic mass is 32.2. The topological polar surface area (TPSA) is 29.1 Å². The van der Waals surface area contributed by atoms with Crippen molar-refractivity contribution < 1.29 is 4.21 Å². The van der Waals surface area contributed by atoms with Gasteiger partial charge in [-0.3, -0.25) is 4.21 Å². The largest absolute Gasteiger partial charge is 0.313 e. The molecule has 0 aliphatic rings. The quantitative estimate of drug-likeness (QED) is 0.504. The Morgan fingerprint density at radius 2 is 2.25 bits per heavy atom. The van der Waals surface area contributed by atoms with Crippen LogP contribution in [0.3, 0.4) is 0 Å². The molecule has 0 bridgehead atoms. The van der Waals surface area contributed by atoms with Crippen LogP contribution in [0.15, 0.2) is 12.2 Å². The maximum Gasteiger partial charge on any atom is 0.0329 e. The molecule has 72 valence electrons. The predicted molar refractivity (Wildman–Crippen MR) is 55.8 cm³/mol. The van der Waals surface area contributed by atoms with E-state index in [-0.39, 0.29) is 0 Å². The van der Waals surface area contributed by atoms with Gasteiger partial charge in [-0.05, 0) is 19.9 Å². The summed E-state index contributed by atoms with van der Waals surface area (Å²) in [5, 5.41) is 3.56. The second-order valence-corrected chi connectivity index (χ2v) is 4.67. The summed E-state index contributed by atoms with van der Waals surface area (Å²) in [6.07, 6.45) is 6.85. The van der Waals surface area contributed by atoms with Gasteiger partial charge in [0.05, 0.1) is 0 Å². The second kappa shape index (κ2) is 7.50. The molecule has 0 aliphatic heterocycles. The molecule has 0 saturated heterocycles. The van der Waals surface area contributed by atoms with Gasteiger partial charge in [-0.1, -0.05) is 19.1 Å². The van der Waals surface area contributed by atoms with Gasteiger partial charge in [0.2, 0.25) is 0 Å². The lowest BCUT2D eigenvalue weighted by Crippen LogP contribution is -2.21. The van der Waals surface area contributed by atoms with E-state index in [0.29, 0.717) is 5.25 Å². The molecule has 0 saturated carbocycles. The van der Waals surface area contributed by atoms with E-state index in [9.17, 15) is 4.21 Å². The predicted octanol–water partition coefficient (Wildman–Crippen LogP) is 1.31. The van der Waals surface area contributed by atoms with Gasteiger partial charge in [0.1, 0.15) is 0 Å². The minimum atomic E-state index is -0.676. The molecule has 0 amide bonds. The average molecular weight is 189 g/mol. The second-order valence-electron chi connectivity index (χ2n) is 2.87. The first-order valence-corrected chi connectivity index (χ1v) is 5.94. The Morgan fingerprint density at radius 1 is 1.58 bits per heavy atom. The first kappa shape index (κ1) is 11.8. The highest BCUT2D eigenvalue weighted by Gasteiger charge is 2.03. The maximum atomic E-state index is 10.9. The van der Waals surface area contributed by atoms with Crippen LogP contribution in [0.4, 0.5) is 0 Å². The van der Waals surface area contributed by atoms with E-state index in [1.807, 2.05) is 19.9 Å². The van der Waals surface area contributed by atoms with Crippen molar-refractivity contribution in [1.82, 2.24) is 5.32 Å². The Balaban J connectivity index is 3.25. The summed E-state index contributed by atoms with van der Waals surface area (Å²) < 4.78 is 10.9. The summed E-state index contributed by atoms with van der Waals surface area (Å²) in [5.74, 6) is 0. The summed E-state index contributed by atoms with van der Waals surface area (Å²) in [6.45, 7) is 5.89. The van der Waals surface area contributed by atoms with Crippen molar-refractivity contribution >= 4 is 10.8 Å². The van der Waals surface area contributed by atoms with Crippen LogP contribution in [0.1, 0.15) is 20.3 Å². The van der Waals surface area contributed by atoms with Gasteiger partial charge in [0.15, 0.2) is 0 Å². The molecule has 0 aromatic heterocycles. The molecule has 0 aromatic rings. The fourth-order valence-electron chi connectivity index (χ4n) is 0.775. The van der Waals surface area contributed by atoms with Crippen LogP contribution in [0.2, 0.25) is 0 Å². The van der Waals surface area contributed by atoms with Crippen molar-refractivity contribution in [3.05, 3.63) is 12.2 Å². The molecule has 12 heavy (non-hydrogen) atoms. The van der Waals surface area contributed by atoms with E-state index in [0.717, 1.165) is 19.5 Å². The van der Waals surface area contributed by atoms with Crippen molar-refractivity contribution in [3.8, 4) is 0 Å². The Kier molecular flexibility index (Phi) is 7.40. The Hall–Kier alpha value is -0.150. The molecule has 0 spiro atoms. The molecule has 0 heterocycles. The molecule has 0 radical (unpaired) electrons. The van der Waals surface area contributed by atoms with Crippen LogP contribution in [0.25, 0.3) is 0 Å². The minimum Gasteiger partial charge on any atom is -0.313 e. The van der Waals surface area contributed by atoms with E-state index < -0.39 is 10.8 Å². The van der Waals surface area contributed by atoms with Gasteiger partial charge in [0.25, 0.3) is 0 Å². The van der Waals surface area contributed by atoms with E-state index in [2.05, 4.69) is 11.4 Å². The first-order valence-electron chi connectivity index (χ1n) is 4.32. The van der Waals surface area contributed by atoms with Gasteiger partial charge in [-0.2, -0.15) is 0 Å². The normalized spacial score (nSPS) is 16.6. The number of allylic oxidation sites excluding steroid dienone is 1. The van der Waals surface area contributed by atoms with E-state index in [1.54, 1.807) is 6.26 Å². The van der Waals surface area contributed by atoms with Crippen molar-refractivity contribution in [2.24, 2.45) is 0 Å². The number of hydrogen-bond acceptors (Lipinski definition) is 2. The zero-order valence-corrected chi connectivity index (χ0v) is 8.99. The number of nitrogens with one attached hydrogen (secondary N) is 1. The Labute approximate surface area is 77.9 Å². The molecule has 0 aromatic carbocycles. The Morgan fingerprint density at radius 3 is 2.75 bits per heavy atom. The van der Waals surface area contributed by atoms with Gasteiger partial charge in [-0.15, -0.1) is 0 Å². The maximum absolute atomic E-state index is 10.9. The standard InChI is InChI=1S/C9H19NOS/c1-4-5-7-10-8-6-9(2)12(3)11/h4-5,9-10H,6-8H2,1-3H3/b5-4+. The van der Waals surface area contributed by atoms with Crippen molar-refractivity contribution in [3.63, 3.8) is 0 Å². The van der Waals surface area contributed by atoms with Gasteiger partial charge in [-0.25, -0.2) is 0 Å². The van der Waals surface area contributed by atoms with Crippen LogP contribution in [-0.4, -0.2) is 28.8 Å². The van der Waals surface area contributed by atoms with Crippen molar-refractivity contribution in [2.75, 3.05) is 19.3 Å².